The van der Waals surface area contributed by atoms with E-state index in [1.54, 1.807) is 6.08 Å². The highest BCUT2D eigenvalue weighted by atomic mass is 16.5. The summed E-state index contributed by atoms with van der Waals surface area (Å²) in [7, 11) is 0. The Labute approximate surface area is 135 Å². The number of carbonyl (C=O) groups excluding carboxylic acids is 1. The number of fused-ring (bicyclic) bond motifs is 3. The van der Waals surface area contributed by atoms with Gasteiger partial charge >= 0.3 is 6.09 Å². The number of rotatable bonds is 6. The van der Waals surface area contributed by atoms with Gasteiger partial charge in [-0.15, -0.1) is 0 Å². The Bertz CT molecular complexity index is 746. The van der Waals surface area contributed by atoms with Gasteiger partial charge in [0.2, 0.25) is 0 Å². The van der Waals surface area contributed by atoms with Gasteiger partial charge in [0.05, 0.1) is 11.4 Å². The number of hydrogen-bond acceptors (Lipinski definition) is 3. The molecule has 0 fully saturated rings. The molecule has 0 aliphatic carbocycles. The van der Waals surface area contributed by atoms with E-state index in [0.29, 0.717) is 6.54 Å². The third-order valence-corrected chi connectivity index (χ3v) is 3.96. The highest BCUT2D eigenvalue weighted by Crippen LogP contribution is 2.27. The largest absolute Gasteiger partial charge is 0.445 e. The monoisotopic (exact) mass is 311 g/mol. The Morgan fingerprint density at radius 1 is 1.43 bits per heavy atom. The summed E-state index contributed by atoms with van der Waals surface area (Å²) in [5.74, 6) is 0. The Kier molecular flexibility index (Phi) is 4.76. The number of ether oxygens (including phenoxy) is 1. The van der Waals surface area contributed by atoms with E-state index in [-0.39, 0.29) is 6.61 Å². The average Bonchev–Trinajstić information content (AvgIpc) is 2.96. The maximum absolute atomic E-state index is 11.4. The summed E-state index contributed by atoms with van der Waals surface area (Å²) in [4.78, 5) is 19.5. The van der Waals surface area contributed by atoms with Crippen molar-refractivity contribution in [3.05, 3.63) is 48.2 Å². The number of benzene rings is 1. The lowest BCUT2D eigenvalue weighted by atomic mass is 10.00. The zero-order valence-electron chi connectivity index (χ0n) is 13.1. The topological polar surface area (TPSA) is 66.5 Å². The molecule has 1 amide bonds. The van der Waals surface area contributed by atoms with E-state index in [2.05, 4.69) is 40.1 Å². The zero-order chi connectivity index (χ0) is 16.1. The van der Waals surface area contributed by atoms with Gasteiger partial charge in [-0.2, -0.15) is 0 Å². The van der Waals surface area contributed by atoms with Crippen molar-refractivity contribution in [2.45, 2.75) is 19.3 Å². The first-order valence-corrected chi connectivity index (χ1v) is 7.94. The number of alkyl carbamates (subject to hydrolysis) is 1. The molecule has 23 heavy (non-hydrogen) atoms. The van der Waals surface area contributed by atoms with Crippen molar-refractivity contribution < 1.29 is 9.53 Å². The third-order valence-electron chi connectivity index (χ3n) is 3.96. The highest BCUT2D eigenvalue weighted by Gasteiger charge is 2.18. The number of nitrogens with zero attached hydrogens (tertiary/aromatic N) is 1. The number of nitrogens with one attached hydrogen (secondary N) is 2. The Morgan fingerprint density at radius 2 is 2.30 bits per heavy atom. The lowest BCUT2D eigenvalue weighted by Crippen LogP contribution is -2.26. The second kappa shape index (κ2) is 7.13. The van der Waals surface area contributed by atoms with Gasteiger partial charge in [-0.3, -0.25) is 4.99 Å². The number of hydrogen-bond donors (Lipinski definition) is 2. The van der Waals surface area contributed by atoms with Crippen molar-refractivity contribution in [3.63, 3.8) is 0 Å². The molecule has 0 spiro atoms. The van der Waals surface area contributed by atoms with Crippen molar-refractivity contribution in [3.8, 4) is 0 Å². The predicted molar refractivity (Wildman–Crippen MR) is 92.2 cm³/mol. The van der Waals surface area contributed by atoms with E-state index in [0.717, 1.165) is 37.2 Å². The van der Waals surface area contributed by atoms with Crippen LogP contribution in [-0.4, -0.2) is 36.5 Å². The number of aromatic nitrogens is 1. The molecule has 120 valence electrons. The van der Waals surface area contributed by atoms with Crippen LogP contribution in [-0.2, 0) is 11.2 Å². The van der Waals surface area contributed by atoms with Crippen molar-refractivity contribution in [2.75, 3.05) is 19.7 Å². The zero-order valence-corrected chi connectivity index (χ0v) is 13.1. The number of H-pyrrole nitrogens is 1. The summed E-state index contributed by atoms with van der Waals surface area (Å²) in [6.45, 7) is 5.14. The molecule has 3 rings (SSSR count). The molecule has 1 aromatic carbocycles. The Morgan fingerprint density at radius 3 is 3.17 bits per heavy atom. The van der Waals surface area contributed by atoms with Crippen molar-refractivity contribution in [2.24, 2.45) is 4.99 Å². The lowest BCUT2D eigenvalue weighted by Gasteiger charge is -2.13. The summed E-state index contributed by atoms with van der Waals surface area (Å²) in [5, 5.41) is 4.03. The molecule has 2 aromatic rings. The first kappa shape index (κ1) is 15.3. The maximum Gasteiger partial charge on any atom is 0.407 e. The van der Waals surface area contributed by atoms with Gasteiger partial charge in [0.15, 0.2) is 0 Å². The quantitative estimate of drug-likeness (QED) is 0.635. The van der Waals surface area contributed by atoms with Gasteiger partial charge in [0, 0.05) is 24.0 Å². The first-order valence-electron chi connectivity index (χ1n) is 7.94. The van der Waals surface area contributed by atoms with Crippen LogP contribution in [0.1, 0.15) is 24.1 Å². The van der Waals surface area contributed by atoms with Crippen LogP contribution in [0.4, 0.5) is 4.79 Å². The third kappa shape index (κ3) is 3.44. The molecule has 1 aromatic heterocycles. The summed E-state index contributed by atoms with van der Waals surface area (Å²) >= 11 is 0. The molecule has 0 atom stereocenters. The minimum atomic E-state index is -0.401. The van der Waals surface area contributed by atoms with Crippen LogP contribution < -0.4 is 5.32 Å². The van der Waals surface area contributed by atoms with Gasteiger partial charge in [-0.1, -0.05) is 30.9 Å². The number of amides is 1. The predicted octanol–water partition coefficient (Wildman–Crippen LogP) is 3.21. The van der Waals surface area contributed by atoms with Crippen molar-refractivity contribution in [1.29, 1.82) is 0 Å². The second-order valence-electron chi connectivity index (χ2n) is 5.52. The van der Waals surface area contributed by atoms with E-state index < -0.39 is 6.09 Å². The smallest absolute Gasteiger partial charge is 0.407 e. The van der Waals surface area contributed by atoms with E-state index >= 15 is 0 Å². The van der Waals surface area contributed by atoms with E-state index in [1.807, 2.05) is 6.07 Å². The standard InChI is InChI=1S/C18H21N3O2/c1-2-12-23-18(22)20-10-5-8-16-17-14(9-11-19-16)13-6-3-4-7-15(13)21-17/h2-4,6-7,21H,1,5,8-12H2,(H,20,22). The second-order valence-corrected chi connectivity index (χ2v) is 5.52. The fraction of sp³-hybridized carbons (Fsp3) is 0.333. The van der Waals surface area contributed by atoms with Crippen LogP contribution in [0.2, 0.25) is 0 Å². The molecule has 2 heterocycles. The molecule has 1 aliphatic heterocycles. The lowest BCUT2D eigenvalue weighted by molar-refractivity contribution is 0.158. The fourth-order valence-electron chi connectivity index (χ4n) is 2.92. The molecular weight excluding hydrogens is 290 g/mol. The number of aromatic amines is 1. The minimum Gasteiger partial charge on any atom is -0.445 e. The Balaban J connectivity index is 1.59. The van der Waals surface area contributed by atoms with Gasteiger partial charge < -0.3 is 15.0 Å². The van der Waals surface area contributed by atoms with E-state index in [4.69, 9.17) is 4.74 Å². The fourth-order valence-corrected chi connectivity index (χ4v) is 2.92. The number of aliphatic imine (C=N–C) groups is 1. The van der Waals surface area contributed by atoms with Crippen LogP contribution in [0.15, 0.2) is 41.9 Å². The van der Waals surface area contributed by atoms with Crippen molar-refractivity contribution in [1.82, 2.24) is 10.3 Å². The van der Waals surface area contributed by atoms with Crippen LogP contribution in [0.5, 0.6) is 0 Å². The van der Waals surface area contributed by atoms with Crippen LogP contribution in [0.25, 0.3) is 10.9 Å². The van der Waals surface area contributed by atoms with Crippen LogP contribution in [0, 0.1) is 0 Å². The molecule has 0 saturated carbocycles. The molecule has 5 heteroatoms. The summed E-state index contributed by atoms with van der Waals surface area (Å²) in [5.41, 5.74) is 4.79. The average molecular weight is 311 g/mol. The van der Waals surface area contributed by atoms with Crippen molar-refractivity contribution >= 4 is 22.7 Å². The first-order chi connectivity index (χ1) is 11.3. The maximum atomic E-state index is 11.4. The molecular formula is C18H21N3O2. The SMILES string of the molecule is C=CCOC(=O)NCCCC1=NCCc2c1[nH]c1ccccc21. The Hall–Kier alpha value is -2.56. The van der Waals surface area contributed by atoms with Crippen LogP contribution >= 0.6 is 0 Å². The molecule has 2 N–H and O–H groups in total. The highest BCUT2D eigenvalue weighted by molar-refractivity contribution is 6.06. The molecule has 5 nitrogen and oxygen atoms in total. The van der Waals surface area contributed by atoms with Crippen LogP contribution in [0.3, 0.4) is 0 Å². The van der Waals surface area contributed by atoms with Gasteiger partial charge in [0.25, 0.3) is 0 Å². The van der Waals surface area contributed by atoms with Gasteiger partial charge in [0.1, 0.15) is 6.61 Å². The molecule has 0 bridgehead atoms. The molecule has 1 aliphatic rings. The normalized spacial score (nSPS) is 13.3. The van der Waals surface area contributed by atoms with Gasteiger partial charge in [-0.05, 0) is 30.9 Å². The minimum absolute atomic E-state index is 0.233. The van der Waals surface area contributed by atoms with E-state index in [1.165, 1.54) is 16.5 Å². The molecule has 0 radical (unpaired) electrons. The van der Waals surface area contributed by atoms with E-state index in [9.17, 15) is 4.79 Å². The van der Waals surface area contributed by atoms with Gasteiger partial charge in [-0.25, -0.2) is 4.79 Å². The summed E-state index contributed by atoms with van der Waals surface area (Å²) < 4.78 is 4.87. The summed E-state index contributed by atoms with van der Waals surface area (Å²) in [6, 6.07) is 8.37. The number of carbonyl (C=O) groups is 1. The molecule has 0 unspecified atom stereocenters. The summed E-state index contributed by atoms with van der Waals surface area (Å²) in [6.07, 6.45) is 3.79. The molecule has 0 saturated heterocycles. The number of para-hydroxylation sites is 1.